The minimum Gasteiger partial charge on any atom is -0.387 e. The summed E-state index contributed by atoms with van der Waals surface area (Å²) in [5, 5.41) is 17.6. The van der Waals surface area contributed by atoms with Crippen LogP contribution < -0.4 is 10.6 Å². The third-order valence-electron chi connectivity index (χ3n) is 4.07. The van der Waals surface area contributed by atoms with Crippen molar-refractivity contribution in [1.82, 2.24) is 10.6 Å². The van der Waals surface area contributed by atoms with Crippen LogP contribution in [0.5, 0.6) is 0 Å². The van der Waals surface area contributed by atoms with E-state index in [1.165, 1.54) is 4.90 Å². The smallest absolute Gasteiger partial charge is 0.191 e. The van der Waals surface area contributed by atoms with Crippen molar-refractivity contribution >= 4 is 53.5 Å². The van der Waals surface area contributed by atoms with Crippen molar-refractivity contribution in [2.24, 2.45) is 4.99 Å². The number of aliphatic imine (C=N–C) groups is 1. The molecule has 0 bridgehead atoms. The van der Waals surface area contributed by atoms with E-state index in [1.54, 1.807) is 0 Å². The van der Waals surface area contributed by atoms with Gasteiger partial charge in [-0.15, -0.1) is 35.7 Å². The van der Waals surface area contributed by atoms with Crippen LogP contribution in [0.25, 0.3) is 0 Å². The Kier molecular flexibility index (Phi) is 11.3. The SMILES string of the molecule is CCNC(=NCC1(O)CCC1SCC)NCCSc1ccccc1.I. The van der Waals surface area contributed by atoms with Gasteiger partial charge in [0, 0.05) is 29.0 Å². The fourth-order valence-corrected chi connectivity index (χ4v) is 4.61. The predicted octanol–water partition coefficient (Wildman–Crippen LogP) is 3.60. The molecule has 25 heavy (non-hydrogen) atoms. The Morgan fingerprint density at radius 3 is 2.64 bits per heavy atom. The maximum Gasteiger partial charge on any atom is 0.191 e. The molecule has 1 saturated carbocycles. The van der Waals surface area contributed by atoms with Crippen LogP contribution in [0.3, 0.4) is 0 Å². The molecular formula is C18H30IN3OS2. The van der Waals surface area contributed by atoms with Crippen LogP contribution in [-0.2, 0) is 0 Å². The van der Waals surface area contributed by atoms with Crippen LogP contribution in [0.15, 0.2) is 40.2 Å². The second kappa shape index (κ2) is 12.3. The molecule has 1 aromatic rings. The number of nitrogens with zero attached hydrogens (tertiary/aromatic N) is 1. The van der Waals surface area contributed by atoms with Gasteiger partial charge in [0.25, 0.3) is 0 Å². The molecule has 1 aliphatic rings. The number of aliphatic hydroxyl groups is 1. The van der Waals surface area contributed by atoms with Crippen molar-refractivity contribution in [1.29, 1.82) is 0 Å². The number of guanidine groups is 1. The first-order chi connectivity index (χ1) is 11.7. The molecule has 3 N–H and O–H groups in total. The van der Waals surface area contributed by atoms with Gasteiger partial charge in [0.05, 0.1) is 12.1 Å². The van der Waals surface area contributed by atoms with Crippen molar-refractivity contribution in [2.45, 2.75) is 42.4 Å². The lowest BCUT2D eigenvalue weighted by atomic mass is 9.79. The number of hydrogen-bond acceptors (Lipinski definition) is 4. The number of thioether (sulfide) groups is 2. The number of halogens is 1. The van der Waals surface area contributed by atoms with Crippen molar-refractivity contribution in [2.75, 3.05) is 31.1 Å². The summed E-state index contributed by atoms with van der Waals surface area (Å²) in [5.74, 6) is 2.82. The minimum absolute atomic E-state index is 0. The van der Waals surface area contributed by atoms with Crippen LogP contribution in [-0.4, -0.2) is 53.1 Å². The van der Waals surface area contributed by atoms with Crippen LogP contribution in [0.4, 0.5) is 0 Å². The lowest BCUT2D eigenvalue weighted by Crippen LogP contribution is -2.53. The Hall–Kier alpha value is -0.120. The Morgan fingerprint density at radius 2 is 2.04 bits per heavy atom. The number of benzene rings is 1. The van der Waals surface area contributed by atoms with Gasteiger partial charge in [-0.05, 0) is 37.7 Å². The third kappa shape index (κ3) is 7.56. The molecule has 7 heteroatoms. The van der Waals surface area contributed by atoms with E-state index in [9.17, 15) is 5.11 Å². The zero-order valence-electron chi connectivity index (χ0n) is 15.0. The molecule has 4 nitrogen and oxygen atoms in total. The van der Waals surface area contributed by atoms with Crippen LogP contribution in [0.2, 0.25) is 0 Å². The third-order valence-corrected chi connectivity index (χ3v) is 6.49. The molecule has 2 unspecified atom stereocenters. The van der Waals surface area contributed by atoms with Gasteiger partial charge in [-0.2, -0.15) is 11.8 Å². The molecule has 0 spiro atoms. The summed E-state index contributed by atoms with van der Waals surface area (Å²) in [6.45, 7) is 6.35. The molecule has 142 valence electrons. The molecule has 0 aromatic heterocycles. The highest BCUT2D eigenvalue weighted by Gasteiger charge is 2.45. The maximum atomic E-state index is 10.7. The van der Waals surface area contributed by atoms with E-state index < -0.39 is 5.60 Å². The van der Waals surface area contributed by atoms with E-state index >= 15 is 0 Å². The summed E-state index contributed by atoms with van der Waals surface area (Å²) >= 11 is 3.67. The first kappa shape index (κ1) is 22.9. The van der Waals surface area contributed by atoms with Crippen molar-refractivity contribution in [3.05, 3.63) is 30.3 Å². The minimum atomic E-state index is -0.623. The topological polar surface area (TPSA) is 56.7 Å². The molecule has 0 heterocycles. The molecule has 0 aliphatic heterocycles. The first-order valence-electron chi connectivity index (χ1n) is 8.72. The van der Waals surface area contributed by atoms with E-state index in [1.807, 2.05) is 29.6 Å². The molecule has 1 fully saturated rings. The highest BCUT2D eigenvalue weighted by molar-refractivity contribution is 14.0. The van der Waals surface area contributed by atoms with E-state index in [2.05, 4.69) is 53.7 Å². The second-order valence-corrected chi connectivity index (χ2v) is 8.52. The van der Waals surface area contributed by atoms with Gasteiger partial charge in [0.2, 0.25) is 0 Å². The molecule has 0 radical (unpaired) electrons. The summed E-state index contributed by atoms with van der Waals surface area (Å²) < 4.78 is 0. The predicted molar refractivity (Wildman–Crippen MR) is 123 cm³/mol. The first-order valence-corrected chi connectivity index (χ1v) is 10.8. The number of nitrogens with one attached hydrogen (secondary N) is 2. The summed E-state index contributed by atoms with van der Waals surface area (Å²) in [6.07, 6.45) is 1.96. The molecule has 0 saturated heterocycles. The fourth-order valence-electron chi connectivity index (χ4n) is 2.63. The average molecular weight is 495 g/mol. The molecule has 2 atom stereocenters. The summed E-state index contributed by atoms with van der Waals surface area (Å²) in [7, 11) is 0. The zero-order valence-corrected chi connectivity index (χ0v) is 19.0. The lowest BCUT2D eigenvalue weighted by molar-refractivity contribution is -0.0154. The van der Waals surface area contributed by atoms with Gasteiger partial charge < -0.3 is 15.7 Å². The average Bonchev–Trinajstić information content (AvgIpc) is 2.60. The molecule has 2 rings (SSSR count). The van der Waals surface area contributed by atoms with E-state index in [0.717, 1.165) is 43.4 Å². The normalized spacial score (nSPS) is 22.7. The standard InChI is InChI=1S/C18H29N3OS2.HI/c1-3-19-17(20-12-13-24-15-8-6-5-7-9-15)21-14-18(22)11-10-16(18)23-4-2;/h5-9,16,22H,3-4,10-14H2,1-2H3,(H2,19,20,21);1H. The van der Waals surface area contributed by atoms with Gasteiger partial charge in [-0.3, -0.25) is 4.99 Å². The summed E-state index contributed by atoms with van der Waals surface area (Å²) in [4.78, 5) is 5.89. The van der Waals surface area contributed by atoms with Gasteiger partial charge in [-0.1, -0.05) is 25.1 Å². The molecule has 0 amide bonds. The Bertz CT molecular complexity index is 518. The highest BCUT2D eigenvalue weighted by atomic mass is 127. The Labute approximate surface area is 177 Å². The van der Waals surface area contributed by atoms with E-state index in [4.69, 9.17) is 0 Å². The van der Waals surface area contributed by atoms with E-state index in [-0.39, 0.29) is 24.0 Å². The monoisotopic (exact) mass is 495 g/mol. The fraction of sp³-hybridized carbons (Fsp3) is 0.611. The number of hydrogen-bond donors (Lipinski definition) is 3. The Balaban J connectivity index is 0.00000312. The van der Waals surface area contributed by atoms with E-state index in [0.29, 0.717) is 11.8 Å². The quantitative estimate of drug-likeness (QED) is 0.161. The molecule has 1 aromatic carbocycles. The number of rotatable bonds is 9. The van der Waals surface area contributed by atoms with Gasteiger partial charge in [0.15, 0.2) is 5.96 Å². The summed E-state index contributed by atoms with van der Waals surface area (Å²) in [5.41, 5.74) is -0.623. The largest absolute Gasteiger partial charge is 0.387 e. The van der Waals surface area contributed by atoms with Gasteiger partial charge >= 0.3 is 0 Å². The Morgan fingerprint density at radius 1 is 1.28 bits per heavy atom. The van der Waals surface area contributed by atoms with Crippen LogP contribution in [0, 0.1) is 0 Å². The second-order valence-electron chi connectivity index (χ2n) is 5.87. The van der Waals surface area contributed by atoms with Crippen LogP contribution >= 0.6 is 47.5 Å². The van der Waals surface area contributed by atoms with Crippen LogP contribution in [0.1, 0.15) is 26.7 Å². The van der Waals surface area contributed by atoms with Crippen molar-refractivity contribution in [3.8, 4) is 0 Å². The van der Waals surface area contributed by atoms with Gasteiger partial charge in [-0.25, -0.2) is 0 Å². The zero-order chi connectivity index (χ0) is 17.3. The molecule has 1 aliphatic carbocycles. The maximum absolute atomic E-state index is 10.7. The van der Waals surface area contributed by atoms with Crippen molar-refractivity contribution < 1.29 is 5.11 Å². The highest BCUT2D eigenvalue weighted by Crippen LogP contribution is 2.41. The van der Waals surface area contributed by atoms with Crippen molar-refractivity contribution in [3.63, 3.8) is 0 Å². The summed E-state index contributed by atoms with van der Waals surface area (Å²) in [6, 6.07) is 10.4. The lowest BCUT2D eigenvalue weighted by Gasteiger charge is -2.44. The van der Waals surface area contributed by atoms with Gasteiger partial charge in [0.1, 0.15) is 0 Å². The molecular weight excluding hydrogens is 465 g/mol.